The average molecular weight is 317 g/mol. The van der Waals surface area contributed by atoms with Crippen LogP contribution in [-0.4, -0.2) is 40.8 Å². The third kappa shape index (κ3) is 2.67. The van der Waals surface area contributed by atoms with E-state index in [4.69, 9.17) is 16.3 Å². The number of halogens is 1. The van der Waals surface area contributed by atoms with E-state index in [1.165, 1.54) is 5.57 Å². The maximum absolute atomic E-state index is 5.97. The van der Waals surface area contributed by atoms with Crippen molar-refractivity contribution in [2.75, 3.05) is 19.8 Å². The smallest absolute Gasteiger partial charge is 0.129 e. The molecule has 0 atom stereocenters. The van der Waals surface area contributed by atoms with Crippen LogP contribution in [0.3, 0.4) is 0 Å². The molecule has 1 saturated heterocycles. The number of nitrogens with zero attached hydrogens (tertiary/aromatic N) is 3. The van der Waals surface area contributed by atoms with Gasteiger partial charge in [-0.15, -0.1) is 0 Å². The van der Waals surface area contributed by atoms with Crippen LogP contribution in [0.5, 0.6) is 0 Å². The molecule has 1 N–H and O–H groups in total. The lowest BCUT2D eigenvalue weighted by Crippen LogP contribution is -2.41. The fourth-order valence-corrected chi connectivity index (χ4v) is 3.12. The second kappa shape index (κ2) is 5.83. The molecule has 4 rings (SSSR count). The molecule has 0 bridgehead atoms. The molecule has 5 nitrogen and oxygen atoms in total. The second-order valence-electron chi connectivity index (χ2n) is 5.64. The van der Waals surface area contributed by atoms with Crippen LogP contribution in [0.2, 0.25) is 5.15 Å². The number of nitrogens with one attached hydrogen (secondary N) is 1. The van der Waals surface area contributed by atoms with Gasteiger partial charge in [0.1, 0.15) is 5.15 Å². The van der Waals surface area contributed by atoms with E-state index in [9.17, 15) is 0 Å². The Kier molecular flexibility index (Phi) is 3.70. The summed E-state index contributed by atoms with van der Waals surface area (Å²) in [5.74, 6) is 0. The number of ether oxygens (including phenoxy) is 1. The highest BCUT2D eigenvalue weighted by molar-refractivity contribution is 6.29. The van der Waals surface area contributed by atoms with Crippen molar-refractivity contribution in [3.8, 4) is 0 Å². The van der Waals surface area contributed by atoms with E-state index in [-0.39, 0.29) is 0 Å². The monoisotopic (exact) mass is 316 g/mol. The largest absolute Gasteiger partial charge is 0.381 e. The molecule has 0 unspecified atom stereocenters. The SMILES string of the molecule is Clc1ccc2ncc(C3=CN(C4CCOCC4)NC3)cc2n1. The van der Waals surface area contributed by atoms with Gasteiger partial charge in [-0.3, -0.25) is 4.98 Å². The van der Waals surface area contributed by atoms with Gasteiger partial charge in [-0.05, 0) is 36.6 Å². The van der Waals surface area contributed by atoms with Crippen molar-refractivity contribution in [1.82, 2.24) is 20.4 Å². The molecule has 2 aliphatic heterocycles. The molecule has 1 fully saturated rings. The molecule has 0 aromatic carbocycles. The number of aromatic nitrogens is 2. The van der Waals surface area contributed by atoms with E-state index in [1.807, 2.05) is 12.3 Å². The number of hydrogen-bond acceptors (Lipinski definition) is 5. The van der Waals surface area contributed by atoms with Crippen LogP contribution in [0, 0.1) is 0 Å². The van der Waals surface area contributed by atoms with E-state index >= 15 is 0 Å². The van der Waals surface area contributed by atoms with Crippen molar-refractivity contribution in [2.24, 2.45) is 0 Å². The van der Waals surface area contributed by atoms with Crippen LogP contribution in [-0.2, 0) is 4.74 Å². The number of hydrazine groups is 1. The van der Waals surface area contributed by atoms with Gasteiger partial charge in [0.2, 0.25) is 0 Å². The van der Waals surface area contributed by atoms with Gasteiger partial charge in [-0.1, -0.05) is 11.6 Å². The lowest BCUT2D eigenvalue weighted by molar-refractivity contribution is 0.0391. The van der Waals surface area contributed by atoms with Crippen molar-refractivity contribution in [1.29, 1.82) is 0 Å². The summed E-state index contributed by atoms with van der Waals surface area (Å²) < 4.78 is 5.42. The topological polar surface area (TPSA) is 50.3 Å². The first-order valence-corrected chi connectivity index (χ1v) is 7.90. The fourth-order valence-electron chi connectivity index (χ4n) is 2.97. The number of rotatable bonds is 2. The molecular weight excluding hydrogens is 300 g/mol. The van der Waals surface area contributed by atoms with Gasteiger partial charge < -0.3 is 9.75 Å². The highest BCUT2D eigenvalue weighted by atomic mass is 35.5. The van der Waals surface area contributed by atoms with Gasteiger partial charge in [-0.25, -0.2) is 10.4 Å². The van der Waals surface area contributed by atoms with Crippen LogP contribution in [0.25, 0.3) is 16.6 Å². The zero-order chi connectivity index (χ0) is 14.9. The van der Waals surface area contributed by atoms with E-state index < -0.39 is 0 Å². The Morgan fingerprint density at radius 3 is 2.95 bits per heavy atom. The molecule has 0 amide bonds. The van der Waals surface area contributed by atoms with Crippen molar-refractivity contribution in [3.05, 3.63) is 41.3 Å². The van der Waals surface area contributed by atoms with E-state index in [1.54, 1.807) is 6.07 Å². The molecule has 4 heterocycles. The van der Waals surface area contributed by atoms with Gasteiger partial charge >= 0.3 is 0 Å². The third-order valence-electron chi connectivity index (χ3n) is 4.21. The first-order valence-electron chi connectivity index (χ1n) is 7.52. The summed E-state index contributed by atoms with van der Waals surface area (Å²) >= 11 is 5.97. The Hall–Kier alpha value is -1.69. The molecule has 2 aliphatic rings. The van der Waals surface area contributed by atoms with Crippen LogP contribution in [0.4, 0.5) is 0 Å². The highest BCUT2D eigenvalue weighted by Gasteiger charge is 2.23. The van der Waals surface area contributed by atoms with Crippen molar-refractivity contribution < 1.29 is 4.74 Å². The fraction of sp³-hybridized carbons (Fsp3) is 0.375. The summed E-state index contributed by atoms with van der Waals surface area (Å²) in [4.78, 5) is 8.82. The third-order valence-corrected chi connectivity index (χ3v) is 4.42. The Labute approximate surface area is 133 Å². The molecule has 0 radical (unpaired) electrons. The second-order valence-corrected chi connectivity index (χ2v) is 6.02. The molecule has 114 valence electrons. The summed E-state index contributed by atoms with van der Waals surface area (Å²) in [5.41, 5.74) is 7.45. The Balaban J connectivity index is 1.61. The van der Waals surface area contributed by atoms with Gasteiger partial charge in [0, 0.05) is 43.8 Å². The van der Waals surface area contributed by atoms with E-state index in [2.05, 4.69) is 32.7 Å². The molecule has 0 saturated carbocycles. The summed E-state index contributed by atoms with van der Waals surface area (Å²) in [7, 11) is 0. The lowest BCUT2D eigenvalue weighted by Gasteiger charge is -2.30. The standard InChI is InChI=1S/C16H17ClN4O/c17-16-2-1-14-15(20-16)7-11(8-18-14)12-9-19-21(10-12)13-3-5-22-6-4-13/h1-2,7-8,10,13,19H,3-6,9H2. The van der Waals surface area contributed by atoms with Crippen molar-refractivity contribution in [3.63, 3.8) is 0 Å². The minimum Gasteiger partial charge on any atom is -0.381 e. The van der Waals surface area contributed by atoms with Gasteiger partial charge in [0.15, 0.2) is 0 Å². The maximum Gasteiger partial charge on any atom is 0.129 e. The minimum absolute atomic E-state index is 0.494. The first-order chi connectivity index (χ1) is 10.8. The molecule has 6 heteroatoms. The zero-order valence-electron chi connectivity index (χ0n) is 12.1. The number of fused-ring (bicyclic) bond motifs is 1. The van der Waals surface area contributed by atoms with Gasteiger partial charge in [0.25, 0.3) is 0 Å². The molecule has 0 aliphatic carbocycles. The molecule has 0 spiro atoms. The first kappa shape index (κ1) is 13.9. The molecule has 22 heavy (non-hydrogen) atoms. The van der Waals surface area contributed by atoms with Gasteiger partial charge in [-0.2, -0.15) is 0 Å². The zero-order valence-corrected chi connectivity index (χ0v) is 12.9. The quantitative estimate of drug-likeness (QED) is 0.863. The Morgan fingerprint density at radius 1 is 1.23 bits per heavy atom. The van der Waals surface area contributed by atoms with Crippen LogP contribution in [0.15, 0.2) is 30.6 Å². The lowest BCUT2D eigenvalue weighted by atomic mass is 10.1. The van der Waals surface area contributed by atoms with E-state index in [0.29, 0.717) is 11.2 Å². The maximum atomic E-state index is 5.97. The summed E-state index contributed by atoms with van der Waals surface area (Å²) in [6, 6.07) is 6.21. The summed E-state index contributed by atoms with van der Waals surface area (Å²) in [5, 5.41) is 2.71. The predicted octanol–water partition coefficient (Wildman–Crippen LogP) is 2.62. The molecular formula is C16H17ClN4O. The average Bonchev–Trinajstić information content (AvgIpc) is 3.05. The summed E-state index contributed by atoms with van der Waals surface area (Å²) in [6.07, 6.45) is 6.20. The van der Waals surface area contributed by atoms with Crippen LogP contribution < -0.4 is 5.43 Å². The number of hydrogen-bond donors (Lipinski definition) is 1. The Bertz CT molecular complexity index is 727. The van der Waals surface area contributed by atoms with Crippen LogP contribution >= 0.6 is 11.6 Å². The molecule has 2 aromatic rings. The minimum atomic E-state index is 0.494. The molecule has 2 aromatic heterocycles. The van der Waals surface area contributed by atoms with Crippen LogP contribution in [0.1, 0.15) is 18.4 Å². The van der Waals surface area contributed by atoms with E-state index in [0.717, 1.165) is 49.2 Å². The number of pyridine rings is 2. The van der Waals surface area contributed by atoms with Crippen molar-refractivity contribution >= 4 is 28.2 Å². The van der Waals surface area contributed by atoms with Crippen molar-refractivity contribution in [2.45, 2.75) is 18.9 Å². The predicted molar refractivity (Wildman–Crippen MR) is 86.2 cm³/mol. The summed E-state index contributed by atoms with van der Waals surface area (Å²) in [6.45, 7) is 2.49. The highest BCUT2D eigenvalue weighted by Crippen LogP contribution is 2.24. The normalized spacial score (nSPS) is 19.7. The Morgan fingerprint density at radius 2 is 2.09 bits per heavy atom. The van der Waals surface area contributed by atoms with Gasteiger partial charge in [0.05, 0.1) is 11.0 Å².